The Labute approximate surface area is 171 Å². The Kier molecular flexibility index (Phi) is 5.68. The summed E-state index contributed by atoms with van der Waals surface area (Å²) in [5.74, 6) is 1.15. The van der Waals surface area contributed by atoms with Crippen molar-refractivity contribution in [3.63, 3.8) is 0 Å². The van der Waals surface area contributed by atoms with Gasteiger partial charge in [0.15, 0.2) is 0 Å². The van der Waals surface area contributed by atoms with Crippen LogP contribution in [-0.4, -0.2) is 29.1 Å². The van der Waals surface area contributed by atoms with Crippen molar-refractivity contribution in [3.05, 3.63) is 83.8 Å². The molecule has 0 aliphatic carbocycles. The molecule has 0 spiro atoms. The predicted molar refractivity (Wildman–Crippen MR) is 115 cm³/mol. The van der Waals surface area contributed by atoms with Crippen molar-refractivity contribution in [1.82, 2.24) is 15.3 Å². The monoisotopic (exact) mass is 384 g/mol. The maximum absolute atomic E-state index is 8.94. The van der Waals surface area contributed by atoms with Crippen LogP contribution in [-0.2, 0) is 0 Å². The summed E-state index contributed by atoms with van der Waals surface area (Å²) in [7, 11) is 0. The molecule has 3 heterocycles. The van der Waals surface area contributed by atoms with E-state index in [-0.39, 0.29) is 18.0 Å². The summed E-state index contributed by atoms with van der Waals surface area (Å²) in [6.07, 6.45) is 3.60. The lowest BCUT2D eigenvalue weighted by molar-refractivity contribution is 0.453. The molecule has 146 valence electrons. The van der Waals surface area contributed by atoms with Crippen LogP contribution in [0.2, 0.25) is 0 Å². The predicted octanol–water partition coefficient (Wildman–Crippen LogP) is 3.69. The van der Waals surface area contributed by atoms with Crippen LogP contribution in [0.25, 0.3) is 0 Å². The number of hydrogen-bond acceptors (Lipinski definition) is 6. The third-order valence-electron chi connectivity index (χ3n) is 5.32. The maximum Gasteiger partial charge on any atom is 0.149 e. The number of rotatable bonds is 6. The second-order valence-electron chi connectivity index (χ2n) is 7.32. The molecule has 0 bridgehead atoms. The molecule has 6 nitrogen and oxygen atoms in total. The fraction of sp³-hybridized carbons (Fsp3) is 0.261. The van der Waals surface area contributed by atoms with Crippen LogP contribution < -0.4 is 16.0 Å². The number of aromatic nitrogens is 2. The summed E-state index contributed by atoms with van der Waals surface area (Å²) in [6.45, 7) is 3.76. The Morgan fingerprint density at radius 1 is 1.10 bits per heavy atom. The van der Waals surface area contributed by atoms with Crippen molar-refractivity contribution in [2.45, 2.75) is 24.9 Å². The van der Waals surface area contributed by atoms with Crippen molar-refractivity contribution in [3.8, 4) is 6.07 Å². The lowest BCUT2D eigenvalue weighted by Gasteiger charge is -2.35. The molecule has 3 atom stereocenters. The van der Waals surface area contributed by atoms with E-state index in [1.807, 2.05) is 24.3 Å². The highest BCUT2D eigenvalue weighted by molar-refractivity contribution is 5.67. The van der Waals surface area contributed by atoms with Crippen LogP contribution >= 0.6 is 0 Å². The molecule has 0 saturated carbocycles. The maximum atomic E-state index is 8.94. The molecule has 4 rings (SSSR count). The average molecular weight is 384 g/mol. The van der Waals surface area contributed by atoms with Crippen molar-refractivity contribution in [2.75, 3.05) is 23.7 Å². The Balaban J connectivity index is 1.50. The summed E-state index contributed by atoms with van der Waals surface area (Å²) >= 11 is 0. The summed E-state index contributed by atoms with van der Waals surface area (Å²) in [4.78, 5) is 8.67. The van der Waals surface area contributed by atoms with E-state index in [9.17, 15) is 0 Å². The van der Waals surface area contributed by atoms with E-state index in [1.165, 1.54) is 5.56 Å². The molecule has 1 unspecified atom stereocenters. The number of nitrogens with one attached hydrogen (secondary N) is 3. The molecular weight excluding hydrogens is 360 g/mol. The lowest BCUT2D eigenvalue weighted by Crippen LogP contribution is -2.45. The van der Waals surface area contributed by atoms with Gasteiger partial charge in [0, 0.05) is 25.5 Å². The number of fused-ring (bicyclic) bond motifs is 1. The largest absolute Gasteiger partial charge is 0.380 e. The molecule has 2 aromatic heterocycles. The fourth-order valence-corrected chi connectivity index (χ4v) is 3.65. The van der Waals surface area contributed by atoms with Crippen LogP contribution in [0.4, 0.5) is 11.5 Å². The molecule has 1 aliphatic rings. The van der Waals surface area contributed by atoms with Gasteiger partial charge in [-0.1, -0.05) is 43.3 Å². The Morgan fingerprint density at radius 2 is 1.97 bits per heavy atom. The van der Waals surface area contributed by atoms with Crippen molar-refractivity contribution < 1.29 is 0 Å². The van der Waals surface area contributed by atoms with Gasteiger partial charge in [0.05, 0.1) is 17.8 Å². The third-order valence-corrected chi connectivity index (χ3v) is 5.32. The smallest absolute Gasteiger partial charge is 0.149 e. The van der Waals surface area contributed by atoms with Gasteiger partial charge in [-0.15, -0.1) is 0 Å². The molecule has 3 aromatic rings. The van der Waals surface area contributed by atoms with Gasteiger partial charge in [-0.05, 0) is 35.2 Å². The Morgan fingerprint density at radius 3 is 2.72 bits per heavy atom. The summed E-state index contributed by atoms with van der Waals surface area (Å²) in [6, 6.07) is 20.6. The number of nitrogens with zero attached hydrogens (tertiary/aromatic N) is 3. The second-order valence-corrected chi connectivity index (χ2v) is 7.32. The van der Waals surface area contributed by atoms with Gasteiger partial charge in [0.1, 0.15) is 17.6 Å². The zero-order chi connectivity index (χ0) is 20.1. The van der Waals surface area contributed by atoms with Gasteiger partial charge >= 0.3 is 0 Å². The standard InChI is InChI=1S/C23H24N6/c1-16(18-9-10-19(12-24)26-14-18)13-28-22(17-6-3-2-4-7-17)21-15-27-20-8-5-11-25-23(20)29-21/h2-11,14,16,21-22,27-28H,13,15H2,1H3,(H,25,29)/t16?,21-,22-/m1/s1. The summed E-state index contributed by atoms with van der Waals surface area (Å²) < 4.78 is 0. The van der Waals surface area contributed by atoms with E-state index in [0.29, 0.717) is 5.69 Å². The quantitative estimate of drug-likeness (QED) is 0.601. The average Bonchev–Trinajstić information content (AvgIpc) is 2.79. The van der Waals surface area contributed by atoms with Crippen LogP contribution in [0.1, 0.15) is 35.7 Å². The number of hydrogen-bond donors (Lipinski definition) is 3. The number of anilines is 2. The molecule has 0 amide bonds. The Hall–Kier alpha value is -3.43. The Bertz CT molecular complexity index is 980. The first-order chi connectivity index (χ1) is 14.2. The molecule has 0 fully saturated rings. The molecule has 0 saturated heterocycles. The zero-order valence-corrected chi connectivity index (χ0v) is 16.3. The van der Waals surface area contributed by atoms with E-state index in [2.05, 4.69) is 63.2 Å². The molecular formula is C23H24N6. The minimum absolute atomic E-state index is 0.118. The van der Waals surface area contributed by atoms with Gasteiger partial charge in [-0.3, -0.25) is 0 Å². The molecule has 0 radical (unpaired) electrons. The number of pyridine rings is 2. The highest BCUT2D eigenvalue weighted by Gasteiger charge is 2.27. The first-order valence-electron chi connectivity index (χ1n) is 9.84. The topological polar surface area (TPSA) is 85.7 Å². The van der Waals surface area contributed by atoms with Crippen LogP contribution in [0.3, 0.4) is 0 Å². The zero-order valence-electron chi connectivity index (χ0n) is 16.3. The summed E-state index contributed by atoms with van der Waals surface area (Å²) in [5.41, 5.74) is 3.83. The summed E-state index contributed by atoms with van der Waals surface area (Å²) in [5, 5.41) is 19.8. The molecule has 3 N–H and O–H groups in total. The number of nitriles is 1. The highest BCUT2D eigenvalue weighted by atomic mass is 15.2. The first kappa shape index (κ1) is 18.9. The molecule has 1 aromatic carbocycles. The third kappa shape index (κ3) is 4.36. The van der Waals surface area contributed by atoms with Crippen molar-refractivity contribution in [1.29, 1.82) is 5.26 Å². The molecule has 29 heavy (non-hydrogen) atoms. The van der Waals surface area contributed by atoms with Crippen LogP contribution in [0.15, 0.2) is 67.0 Å². The van der Waals surface area contributed by atoms with E-state index in [0.717, 1.165) is 30.2 Å². The van der Waals surface area contributed by atoms with E-state index in [1.54, 1.807) is 18.5 Å². The minimum atomic E-state index is 0.118. The van der Waals surface area contributed by atoms with Gasteiger partial charge < -0.3 is 16.0 Å². The van der Waals surface area contributed by atoms with Gasteiger partial charge in [0.2, 0.25) is 0 Å². The van der Waals surface area contributed by atoms with Gasteiger partial charge in [0.25, 0.3) is 0 Å². The SMILES string of the molecule is CC(CN[C@H](c1ccccc1)[C@H]1CNc2cccnc2N1)c1ccc(C#N)nc1. The fourth-order valence-electron chi connectivity index (χ4n) is 3.65. The minimum Gasteiger partial charge on any atom is -0.380 e. The lowest BCUT2D eigenvalue weighted by atomic mass is 9.96. The van der Waals surface area contributed by atoms with Crippen LogP contribution in [0, 0.1) is 11.3 Å². The van der Waals surface area contributed by atoms with Gasteiger partial charge in [-0.2, -0.15) is 5.26 Å². The van der Waals surface area contributed by atoms with Crippen LogP contribution in [0.5, 0.6) is 0 Å². The highest BCUT2D eigenvalue weighted by Crippen LogP contribution is 2.28. The van der Waals surface area contributed by atoms with Gasteiger partial charge in [-0.25, -0.2) is 9.97 Å². The first-order valence-corrected chi connectivity index (χ1v) is 9.84. The second kappa shape index (κ2) is 8.72. The van der Waals surface area contributed by atoms with E-state index in [4.69, 9.17) is 5.26 Å². The molecule has 6 heteroatoms. The van der Waals surface area contributed by atoms with E-state index < -0.39 is 0 Å². The van der Waals surface area contributed by atoms with Crippen molar-refractivity contribution in [2.24, 2.45) is 0 Å². The van der Waals surface area contributed by atoms with Crippen molar-refractivity contribution >= 4 is 11.5 Å². The van der Waals surface area contributed by atoms with E-state index >= 15 is 0 Å². The normalized spacial score (nSPS) is 17.2. The number of benzene rings is 1. The molecule has 1 aliphatic heterocycles.